The molecule has 10 heteroatoms. The van der Waals surface area contributed by atoms with Gasteiger partial charge in [0.05, 0.1) is 5.92 Å². The number of carbonyl (C=O) groups excluding carboxylic acids is 4. The highest BCUT2D eigenvalue weighted by molar-refractivity contribution is 6.01. The van der Waals surface area contributed by atoms with Crippen molar-refractivity contribution in [1.29, 1.82) is 0 Å². The highest BCUT2D eigenvalue weighted by atomic mass is 16.6. The Morgan fingerprint density at radius 2 is 1.97 bits per heavy atom. The van der Waals surface area contributed by atoms with Crippen LogP contribution in [0.25, 0.3) is 0 Å². The standard InChI is InChI=1S/C19H23N3O7/c1-11(18(26)20-5-4-17(24)25)21-19(27)12-8-16(23)22(10-12)13-2-3-14-15(9-13)29-7-6-28-14/h2-3,9,11-12H,4-8,10H2,1H3,(H,20,26)(H,21,27)(H,24,25)/p-1/t11-,12-/m0/s1. The number of carboxylic acids is 1. The Balaban J connectivity index is 1.56. The number of hydrogen-bond donors (Lipinski definition) is 2. The van der Waals surface area contributed by atoms with E-state index in [4.69, 9.17) is 9.47 Å². The van der Waals surface area contributed by atoms with Gasteiger partial charge in [0.1, 0.15) is 19.3 Å². The number of hydrogen-bond acceptors (Lipinski definition) is 7. The molecule has 2 atom stereocenters. The lowest BCUT2D eigenvalue weighted by Gasteiger charge is -2.22. The Morgan fingerprint density at radius 3 is 2.69 bits per heavy atom. The summed E-state index contributed by atoms with van der Waals surface area (Å²) in [5, 5.41) is 15.3. The SMILES string of the molecule is C[C@H](NC(=O)[C@H]1CC(=O)N(c2ccc3c(c2)OCCO3)C1)C(=O)NCCC(=O)[O-]. The van der Waals surface area contributed by atoms with Crippen LogP contribution >= 0.6 is 0 Å². The first kappa shape index (κ1) is 20.4. The van der Waals surface area contributed by atoms with Crippen molar-refractivity contribution < 1.29 is 33.8 Å². The highest BCUT2D eigenvalue weighted by Crippen LogP contribution is 2.35. The van der Waals surface area contributed by atoms with Crippen molar-refractivity contribution in [2.75, 3.05) is 31.2 Å². The molecule has 0 radical (unpaired) electrons. The van der Waals surface area contributed by atoms with Gasteiger partial charge in [-0.25, -0.2) is 0 Å². The lowest BCUT2D eigenvalue weighted by atomic mass is 10.1. The highest BCUT2D eigenvalue weighted by Gasteiger charge is 2.36. The zero-order chi connectivity index (χ0) is 21.0. The third-order valence-corrected chi connectivity index (χ3v) is 4.71. The number of aliphatic carboxylic acids is 1. The summed E-state index contributed by atoms with van der Waals surface area (Å²) < 4.78 is 11.0. The van der Waals surface area contributed by atoms with Gasteiger partial charge >= 0.3 is 0 Å². The molecule has 3 amide bonds. The summed E-state index contributed by atoms with van der Waals surface area (Å²) in [6, 6.07) is 4.31. The van der Waals surface area contributed by atoms with Crippen LogP contribution in [-0.4, -0.2) is 56.0 Å². The second-order valence-electron chi connectivity index (χ2n) is 6.88. The molecule has 0 spiro atoms. The van der Waals surface area contributed by atoms with Gasteiger partial charge in [-0.3, -0.25) is 14.4 Å². The number of carbonyl (C=O) groups is 4. The maximum Gasteiger partial charge on any atom is 0.242 e. The second-order valence-corrected chi connectivity index (χ2v) is 6.88. The Morgan fingerprint density at radius 1 is 1.24 bits per heavy atom. The van der Waals surface area contributed by atoms with Crippen molar-refractivity contribution >= 4 is 29.4 Å². The largest absolute Gasteiger partial charge is 0.550 e. The topological polar surface area (TPSA) is 137 Å². The number of amides is 3. The van der Waals surface area contributed by atoms with E-state index >= 15 is 0 Å². The number of nitrogens with one attached hydrogen (secondary N) is 2. The second kappa shape index (κ2) is 8.80. The summed E-state index contributed by atoms with van der Waals surface area (Å²) in [6.07, 6.45) is -0.284. The van der Waals surface area contributed by atoms with Gasteiger partial charge < -0.3 is 34.9 Å². The Hall–Kier alpha value is -3.30. The first-order valence-electron chi connectivity index (χ1n) is 9.33. The molecule has 2 aliphatic rings. The van der Waals surface area contributed by atoms with Crippen LogP contribution in [0.2, 0.25) is 0 Å². The summed E-state index contributed by atoms with van der Waals surface area (Å²) in [5.41, 5.74) is 0.614. The molecule has 0 unspecified atom stereocenters. The molecule has 156 valence electrons. The fourth-order valence-corrected chi connectivity index (χ4v) is 3.17. The van der Waals surface area contributed by atoms with Crippen molar-refractivity contribution in [3.63, 3.8) is 0 Å². The number of rotatable bonds is 7. The molecule has 3 rings (SSSR count). The van der Waals surface area contributed by atoms with Gasteiger partial charge in [-0.1, -0.05) is 0 Å². The molecule has 2 aliphatic heterocycles. The lowest BCUT2D eigenvalue weighted by molar-refractivity contribution is -0.305. The van der Waals surface area contributed by atoms with Gasteiger partial charge in [0.2, 0.25) is 17.7 Å². The van der Waals surface area contributed by atoms with Crippen LogP contribution < -0.4 is 30.1 Å². The van der Waals surface area contributed by atoms with Crippen LogP contribution in [0.5, 0.6) is 11.5 Å². The van der Waals surface area contributed by atoms with Crippen LogP contribution in [0.4, 0.5) is 5.69 Å². The van der Waals surface area contributed by atoms with E-state index in [0.29, 0.717) is 30.4 Å². The fraction of sp³-hybridized carbons (Fsp3) is 0.474. The van der Waals surface area contributed by atoms with Crippen molar-refractivity contribution in [2.24, 2.45) is 5.92 Å². The molecular formula is C19H22N3O7-. The van der Waals surface area contributed by atoms with Crippen LogP contribution in [0.1, 0.15) is 19.8 Å². The van der Waals surface area contributed by atoms with E-state index in [-0.39, 0.29) is 31.8 Å². The number of carboxylic acid groups (broad SMARTS) is 1. The fourth-order valence-electron chi connectivity index (χ4n) is 3.17. The maximum absolute atomic E-state index is 12.5. The number of ether oxygens (including phenoxy) is 2. The summed E-state index contributed by atoms with van der Waals surface area (Å²) >= 11 is 0. The third kappa shape index (κ3) is 4.95. The average molecular weight is 404 g/mol. The number of benzene rings is 1. The minimum atomic E-state index is -1.27. The van der Waals surface area contributed by atoms with Crippen molar-refractivity contribution in [1.82, 2.24) is 10.6 Å². The van der Waals surface area contributed by atoms with Gasteiger partial charge in [-0.15, -0.1) is 0 Å². The molecule has 1 saturated heterocycles. The normalized spacial score (nSPS) is 18.9. The molecule has 0 aromatic heterocycles. The third-order valence-electron chi connectivity index (χ3n) is 4.71. The monoisotopic (exact) mass is 404 g/mol. The predicted molar refractivity (Wildman–Crippen MR) is 98.1 cm³/mol. The number of anilines is 1. The Labute approximate surface area is 167 Å². The van der Waals surface area contributed by atoms with E-state index in [1.54, 1.807) is 18.2 Å². The van der Waals surface area contributed by atoms with Gasteiger partial charge in [0.25, 0.3) is 0 Å². The van der Waals surface area contributed by atoms with Gasteiger partial charge in [-0.05, 0) is 19.1 Å². The molecule has 1 aromatic rings. The molecule has 2 N–H and O–H groups in total. The number of fused-ring (bicyclic) bond motifs is 1. The molecule has 1 fully saturated rings. The first-order valence-corrected chi connectivity index (χ1v) is 9.33. The molecule has 1 aromatic carbocycles. The summed E-state index contributed by atoms with van der Waals surface area (Å²) in [4.78, 5) is 48.7. The zero-order valence-corrected chi connectivity index (χ0v) is 15.9. The molecule has 10 nitrogen and oxygen atoms in total. The minimum Gasteiger partial charge on any atom is -0.550 e. The zero-order valence-electron chi connectivity index (χ0n) is 15.9. The van der Waals surface area contributed by atoms with E-state index in [1.165, 1.54) is 11.8 Å². The van der Waals surface area contributed by atoms with Gasteiger partial charge in [0.15, 0.2) is 11.5 Å². The van der Waals surface area contributed by atoms with E-state index in [2.05, 4.69) is 10.6 Å². The van der Waals surface area contributed by atoms with Crippen molar-refractivity contribution in [2.45, 2.75) is 25.8 Å². The van der Waals surface area contributed by atoms with E-state index in [0.717, 1.165) is 0 Å². The first-order chi connectivity index (χ1) is 13.8. The van der Waals surface area contributed by atoms with Crippen LogP contribution in [0.3, 0.4) is 0 Å². The van der Waals surface area contributed by atoms with Gasteiger partial charge in [-0.2, -0.15) is 0 Å². The molecule has 0 aliphatic carbocycles. The summed E-state index contributed by atoms with van der Waals surface area (Å²) in [7, 11) is 0. The smallest absolute Gasteiger partial charge is 0.242 e. The van der Waals surface area contributed by atoms with Crippen LogP contribution in [0.15, 0.2) is 18.2 Å². The number of nitrogens with zero attached hydrogens (tertiary/aromatic N) is 1. The lowest BCUT2D eigenvalue weighted by Crippen LogP contribution is -2.47. The van der Waals surface area contributed by atoms with Gasteiger partial charge in [0, 0.05) is 43.7 Å². The van der Waals surface area contributed by atoms with Crippen molar-refractivity contribution in [3.8, 4) is 11.5 Å². The van der Waals surface area contributed by atoms with E-state index in [9.17, 15) is 24.3 Å². The summed E-state index contributed by atoms with van der Waals surface area (Å²) in [5.74, 6) is -1.84. The van der Waals surface area contributed by atoms with E-state index < -0.39 is 29.7 Å². The molecule has 0 saturated carbocycles. The quantitative estimate of drug-likeness (QED) is 0.568. The predicted octanol–water partition coefficient (Wildman–Crippen LogP) is -1.43. The molecule has 2 heterocycles. The maximum atomic E-state index is 12.5. The van der Waals surface area contributed by atoms with Crippen LogP contribution in [-0.2, 0) is 19.2 Å². The Bertz CT molecular complexity index is 826. The molecule has 29 heavy (non-hydrogen) atoms. The van der Waals surface area contributed by atoms with E-state index in [1.807, 2.05) is 0 Å². The Kier molecular flexibility index (Phi) is 6.20. The van der Waals surface area contributed by atoms with Crippen molar-refractivity contribution in [3.05, 3.63) is 18.2 Å². The summed E-state index contributed by atoms with van der Waals surface area (Å²) in [6.45, 7) is 2.49. The molecule has 0 bridgehead atoms. The molecular weight excluding hydrogens is 382 g/mol. The minimum absolute atomic E-state index is 0.0271. The average Bonchev–Trinajstić information content (AvgIpc) is 3.09. The van der Waals surface area contributed by atoms with Crippen LogP contribution in [0, 0.1) is 5.92 Å².